The standard InChI is InChI=1S/C31H48O4/c1-18(15-20-16-19(2)27(33)35-20)21-9-14-31(7)26-22(10-13-30(21,31)6)29(5)12-11-25(34-8)28(3,4)24(29)17-23(26)32/h10,16,18,20-21,23-26,32H,9,11-15,17H2,1-8H3. The Morgan fingerprint density at radius 2 is 1.86 bits per heavy atom. The van der Waals surface area contributed by atoms with Gasteiger partial charge in [-0.15, -0.1) is 0 Å². The summed E-state index contributed by atoms with van der Waals surface area (Å²) in [6, 6.07) is 0. The first-order chi connectivity index (χ1) is 16.3. The summed E-state index contributed by atoms with van der Waals surface area (Å²) in [7, 11) is 1.85. The Labute approximate surface area is 212 Å². The van der Waals surface area contributed by atoms with Crippen LogP contribution in [0.2, 0.25) is 0 Å². The number of hydrogen-bond donors (Lipinski definition) is 1. The van der Waals surface area contributed by atoms with Gasteiger partial charge in [-0.05, 0) is 97.4 Å². The van der Waals surface area contributed by atoms with Crippen molar-refractivity contribution < 1.29 is 19.4 Å². The molecule has 5 rings (SSSR count). The number of carbonyl (C=O) groups excluding carboxylic acids is 1. The van der Waals surface area contributed by atoms with E-state index in [9.17, 15) is 9.90 Å². The summed E-state index contributed by atoms with van der Waals surface area (Å²) < 4.78 is 11.6. The lowest BCUT2D eigenvalue weighted by atomic mass is 9.40. The third kappa shape index (κ3) is 3.41. The van der Waals surface area contributed by atoms with Crippen molar-refractivity contribution in [3.63, 3.8) is 0 Å². The van der Waals surface area contributed by atoms with Gasteiger partial charge in [0.15, 0.2) is 0 Å². The zero-order valence-corrected chi connectivity index (χ0v) is 23.3. The van der Waals surface area contributed by atoms with Crippen LogP contribution in [0.4, 0.5) is 0 Å². The molecule has 1 aliphatic heterocycles. The summed E-state index contributed by atoms with van der Waals surface area (Å²) in [6.07, 6.45) is 11.9. The lowest BCUT2D eigenvalue weighted by Crippen LogP contribution is -2.61. The Kier molecular flexibility index (Phi) is 5.97. The summed E-state index contributed by atoms with van der Waals surface area (Å²) in [6.45, 7) is 16.4. The van der Waals surface area contributed by atoms with Crippen molar-refractivity contribution in [1.82, 2.24) is 0 Å². The van der Waals surface area contributed by atoms with Gasteiger partial charge in [0.2, 0.25) is 0 Å². The number of rotatable bonds is 4. The molecule has 0 spiro atoms. The second-order valence-corrected chi connectivity index (χ2v) is 14.2. The van der Waals surface area contributed by atoms with E-state index in [-0.39, 0.29) is 51.9 Å². The fourth-order valence-electron chi connectivity index (χ4n) is 10.3. The lowest BCUT2D eigenvalue weighted by Gasteiger charge is -2.65. The first-order valence-electron chi connectivity index (χ1n) is 14.1. The summed E-state index contributed by atoms with van der Waals surface area (Å²) in [4.78, 5) is 11.9. The van der Waals surface area contributed by atoms with Gasteiger partial charge in [-0.25, -0.2) is 4.79 Å². The molecule has 0 amide bonds. The van der Waals surface area contributed by atoms with E-state index in [1.807, 2.05) is 20.1 Å². The zero-order valence-electron chi connectivity index (χ0n) is 23.3. The van der Waals surface area contributed by atoms with Crippen LogP contribution in [0.1, 0.15) is 93.4 Å². The lowest BCUT2D eigenvalue weighted by molar-refractivity contribution is -0.159. The van der Waals surface area contributed by atoms with Gasteiger partial charge >= 0.3 is 5.97 Å². The molecule has 0 aromatic heterocycles. The minimum Gasteiger partial charge on any atom is -0.455 e. The van der Waals surface area contributed by atoms with Crippen molar-refractivity contribution in [2.24, 2.45) is 45.3 Å². The van der Waals surface area contributed by atoms with Crippen molar-refractivity contribution in [3.8, 4) is 0 Å². The van der Waals surface area contributed by atoms with Crippen LogP contribution < -0.4 is 0 Å². The Bertz CT molecular complexity index is 948. The highest BCUT2D eigenvalue weighted by Crippen LogP contribution is 2.73. The number of aliphatic hydroxyl groups is 1. The van der Waals surface area contributed by atoms with Crippen LogP contribution in [-0.4, -0.2) is 36.5 Å². The van der Waals surface area contributed by atoms with Gasteiger partial charge in [0.1, 0.15) is 6.10 Å². The van der Waals surface area contributed by atoms with E-state index in [4.69, 9.17) is 9.47 Å². The highest BCUT2D eigenvalue weighted by Gasteiger charge is 2.67. The molecule has 0 saturated heterocycles. The Morgan fingerprint density at radius 3 is 2.49 bits per heavy atom. The molecule has 4 heteroatoms. The molecule has 0 radical (unpaired) electrons. The second-order valence-electron chi connectivity index (χ2n) is 14.2. The molecule has 10 atom stereocenters. The summed E-state index contributed by atoms with van der Waals surface area (Å²) in [5.41, 5.74) is 2.72. The number of esters is 1. The fraction of sp³-hybridized carbons (Fsp3) is 0.839. The smallest absolute Gasteiger partial charge is 0.334 e. The summed E-state index contributed by atoms with van der Waals surface area (Å²) >= 11 is 0. The zero-order chi connectivity index (χ0) is 25.6. The predicted molar refractivity (Wildman–Crippen MR) is 139 cm³/mol. The van der Waals surface area contributed by atoms with Gasteiger partial charge in [-0.3, -0.25) is 0 Å². The largest absolute Gasteiger partial charge is 0.455 e. The van der Waals surface area contributed by atoms with E-state index in [0.717, 1.165) is 37.7 Å². The fourth-order valence-corrected chi connectivity index (χ4v) is 10.3. The maximum absolute atomic E-state index is 11.9. The molecule has 35 heavy (non-hydrogen) atoms. The highest BCUT2D eigenvalue weighted by atomic mass is 16.5. The number of hydrogen-bond acceptors (Lipinski definition) is 4. The average molecular weight is 485 g/mol. The molecule has 1 N–H and O–H groups in total. The maximum atomic E-state index is 11.9. The van der Waals surface area contributed by atoms with E-state index in [1.54, 1.807) is 5.57 Å². The van der Waals surface area contributed by atoms with E-state index in [1.165, 1.54) is 12.8 Å². The number of allylic oxidation sites excluding steroid dienone is 1. The molecule has 0 aromatic carbocycles. The Balaban J connectivity index is 1.46. The van der Waals surface area contributed by atoms with Crippen molar-refractivity contribution >= 4 is 5.97 Å². The topological polar surface area (TPSA) is 55.8 Å². The van der Waals surface area contributed by atoms with Crippen LogP contribution in [0.3, 0.4) is 0 Å². The SMILES string of the molecule is COC1CCC2(C)C3=CCC4(C)C(C(C)CC5C=C(C)C(=O)O5)CCC4(C)C3C(O)CC2C1(C)C. The molecular formula is C31H48O4. The predicted octanol–water partition coefficient (Wildman–Crippen LogP) is 6.48. The van der Waals surface area contributed by atoms with Crippen LogP contribution in [0.15, 0.2) is 23.3 Å². The average Bonchev–Trinajstić information content (AvgIpc) is 3.24. The first-order valence-corrected chi connectivity index (χ1v) is 14.1. The molecule has 0 aromatic rings. The van der Waals surface area contributed by atoms with Crippen LogP contribution in [0.25, 0.3) is 0 Å². The molecule has 3 saturated carbocycles. The second kappa shape index (κ2) is 8.18. The quantitative estimate of drug-likeness (QED) is 0.367. The van der Waals surface area contributed by atoms with E-state index >= 15 is 0 Å². The first kappa shape index (κ1) is 25.5. The molecular weight excluding hydrogens is 436 g/mol. The van der Waals surface area contributed by atoms with Crippen LogP contribution in [0, 0.1) is 45.3 Å². The number of methoxy groups -OCH3 is 1. The van der Waals surface area contributed by atoms with Gasteiger partial charge in [-0.1, -0.05) is 53.2 Å². The maximum Gasteiger partial charge on any atom is 0.334 e. The van der Waals surface area contributed by atoms with Gasteiger partial charge in [0.25, 0.3) is 0 Å². The molecule has 4 nitrogen and oxygen atoms in total. The molecule has 5 aliphatic rings. The molecule has 4 aliphatic carbocycles. The van der Waals surface area contributed by atoms with Gasteiger partial charge < -0.3 is 14.6 Å². The van der Waals surface area contributed by atoms with Gasteiger partial charge in [0.05, 0.1) is 12.2 Å². The van der Waals surface area contributed by atoms with E-state index < -0.39 is 0 Å². The number of cyclic esters (lactones) is 1. The van der Waals surface area contributed by atoms with Crippen molar-refractivity contribution in [2.45, 2.75) is 112 Å². The number of carbonyl (C=O) groups is 1. The molecule has 0 bridgehead atoms. The Hall–Kier alpha value is -1.13. The van der Waals surface area contributed by atoms with Crippen molar-refractivity contribution in [3.05, 3.63) is 23.3 Å². The molecule has 196 valence electrons. The van der Waals surface area contributed by atoms with Crippen molar-refractivity contribution in [2.75, 3.05) is 7.11 Å². The Morgan fingerprint density at radius 1 is 1.14 bits per heavy atom. The van der Waals surface area contributed by atoms with E-state index in [2.05, 4.69) is 47.6 Å². The van der Waals surface area contributed by atoms with Crippen LogP contribution in [-0.2, 0) is 14.3 Å². The van der Waals surface area contributed by atoms with Crippen LogP contribution >= 0.6 is 0 Å². The number of ether oxygens (including phenoxy) is 2. The third-order valence-electron chi connectivity index (χ3n) is 12.4. The summed E-state index contributed by atoms with van der Waals surface area (Å²) in [5.74, 6) is 1.55. The highest BCUT2D eigenvalue weighted by molar-refractivity contribution is 5.90. The molecule has 10 unspecified atom stereocenters. The van der Waals surface area contributed by atoms with Crippen molar-refractivity contribution in [1.29, 1.82) is 0 Å². The number of fused-ring (bicyclic) bond motifs is 5. The molecule has 3 fully saturated rings. The normalized spacial score (nSPS) is 49.3. The molecule has 1 heterocycles. The number of aliphatic hydroxyl groups excluding tert-OH is 1. The van der Waals surface area contributed by atoms with E-state index in [0.29, 0.717) is 17.8 Å². The minimum atomic E-state index is -0.297. The monoisotopic (exact) mass is 484 g/mol. The summed E-state index contributed by atoms with van der Waals surface area (Å²) in [5, 5.41) is 11.8. The van der Waals surface area contributed by atoms with Gasteiger partial charge in [0, 0.05) is 18.6 Å². The minimum absolute atomic E-state index is 0.0489. The van der Waals surface area contributed by atoms with Gasteiger partial charge in [-0.2, -0.15) is 0 Å². The third-order valence-corrected chi connectivity index (χ3v) is 12.4. The van der Waals surface area contributed by atoms with Crippen LogP contribution in [0.5, 0.6) is 0 Å².